The fraction of sp³-hybridized carbons (Fsp3) is 0.250. The van der Waals surface area contributed by atoms with Crippen LogP contribution in [0.25, 0.3) is 0 Å². The third-order valence-corrected chi connectivity index (χ3v) is 3.28. The van der Waals surface area contributed by atoms with Gasteiger partial charge in [-0.3, -0.25) is 0 Å². The van der Waals surface area contributed by atoms with Crippen molar-refractivity contribution >= 4 is 16.5 Å². The Balaban J connectivity index is 2.11. The van der Waals surface area contributed by atoms with Crippen molar-refractivity contribution in [2.75, 3.05) is 12.4 Å². The Bertz CT molecular complexity index is 431. The van der Waals surface area contributed by atoms with Crippen LogP contribution < -0.4 is 5.32 Å². The first-order valence-corrected chi connectivity index (χ1v) is 5.77. The molecule has 78 valence electrons. The second-order valence-electron chi connectivity index (χ2n) is 3.54. The molecule has 2 nitrogen and oxygen atoms in total. The number of benzene rings is 1. The van der Waals surface area contributed by atoms with E-state index in [0.29, 0.717) is 0 Å². The molecular formula is C12H14N2S. The molecule has 2 aromatic rings. The van der Waals surface area contributed by atoms with Crippen LogP contribution in [-0.4, -0.2) is 12.0 Å². The third kappa shape index (κ3) is 2.57. The van der Waals surface area contributed by atoms with Crippen LogP contribution in [0.2, 0.25) is 0 Å². The number of aromatic nitrogens is 1. The van der Waals surface area contributed by atoms with Crippen molar-refractivity contribution in [1.82, 2.24) is 4.98 Å². The van der Waals surface area contributed by atoms with Crippen molar-refractivity contribution in [2.24, 2.45) is 0 Å². The summed E-state index contributed by atoms with van der Waals surface area (Å²) in [6.45, 7) is 2.11. The lowest BCUT2D eigenvalue weighted by atomic mass is 10.1. The molecule has 0 atom stereocenters. The topological polar surface area (TPSA) is 24.9 Å². The Morgan fingerprint density at radius 1 is 1.27 bits per heavy atom. The van der Waals surface area contributed by atoms with Gasteiger partial charge in [-0.25, -0.2) is 4.98 Å². The summed E-state index contributed by atoms with van der Waals surface area (Å²) in [5.41, 5.74) is 2.64. The fourth-order valence-corrected chi connectivity index (χ4v) is 2.21. The maximum absolute atomic E-state index is 4.26. The molecule has 15 heavy (non-hydrogen) atoms. The zero-order valence-corrected chi connectivity index (χ0v) is 9.77. The van der Waals surface area contributed by atoms with E-state index in [1.54, 1.807) is 11.3 Å². The third-order valence-electron chi connectivity index (χ3n) is 2.27. The van der Waals surface area contributed by atoms with Crippen LogP contribution in [0.1, 0.15) is 16.0 Å². The van der Waals surface area contributed by atoms with E-state index in [1.165, 1.54) is 16.0 Å². The molecule has 1 N–H and O–H groups in total. The van der Waals surface area contributed by atoms with Crippen LogP contribution in [0, 0.1) is 6.92 Å². The van der Waals surface area contributed by atoms with Gasteiger partial charge in [0.05, 0.1) is 0 Å². The summed E-state index contributed by atoms with van der Waals surface area (Å²) in [4.78, 5) is 5.55. The van der Waals surface area contributed by atoms with Crippen molar-refractivity contribution in [1.29, 1.82) is 0 Å². The zero-order valence-electron chi connectivity index (χ0n) is 8.95. The van der Waals surface area contributed by atoms with Gasteiger partial charge in [-0.1, -0.05) is 29.8 Å². The average molecular weight is 218 g/mol. The summed E-state index contributed by atoms with van der Waals surface area (Å²) in [6, 6.07) is 8.65. The van der Waals surface area contributed by atoms with Crippen molar-refractivity contribution in [3.63, 3.8) is 0 Å². The Morgan fingerprint density at radius 3 is 2.60 bits per heavy atom. The molecular weight excluding hydrogens is 204 g/mol. The second kappa shape index (κ2) is 4.45. The summed E-state index contributed by atoms with van der Waals surface area (Å²) in [5.74, 6) is 0. The van der Waals surface area contributed by atoms with Gasteiger partial charge in [-0.05, 0) is 12.5 Å². The lowest BCUT2D eigenvalue weighted by Crippen LogP contribution is -1.84. The van der Waals surface area contributed by atoms with E-state index in [4.69, 9.17) is 0 Å². The Hall–Kier alpha value is -1.35. The summed E-state index contributed by atoms with van der Waals surface area (Å²) in [6.07, 6.45) is 2.91. The molecule has 0 aliphatic rings. The predicted molar refractivity (Wildman–Crippen MR) is 65.6 cm³/mol. The van der Waals surface area contributed by atoms with Crippen LogP contribution >= 0.6 is 11.3 Å². The van der Waals surface area contributed by atoms with Crippen LogP contribution in [0.5, 0.6) is 0 Å². The molecule has 1 aromatic carbocycles. The molecule has 0 aliphatic carbocycles. The summed E-state index contributed by atoms with van der Waals surface area (Å²) < 4.78 is 0. The van der Waals surface area contributed by atoms with Gasteiger partial charge in [0, 0.05) is 24.5 Å². The van der Waals surface area contributed by atoms with Gasteiger partial charge in [-0.2, -0.15) is 0 Å². The Labute approximate surface area is 94.0 Å². The number of rotatable bonds is 3. The largest absolute Gasteiger partial charge is 0.365 e. The molecule has 0 fully saturated rings. The smallest absolute Gasteiger partial charge is 0.182 e. The number of nitrogens with zero attached hydrogens (tertiary/aromatic N) is 1. The first kappa shape index (κ1) is 10.2. The highest BCUT2D eigenvalue weighted by atomic mass is 32.1. The van der Waals surface area contributed by atoms with Crippen molar-refractivity contribution in [3.8, 4) is 0 Å². The minimum Gasteiger partial charge on any atom is -0.365 e. The minimum absolute atomic E-state index is 0.972. The lowest BCUT2D eigenvalue weighted by Gasteiger charge is -1.98. The maximum Gasteiger partial charge on any atom is 0.182 e. The predicted octanol–water partition coefficient (Wildman–Crippen LogP) is 3.08. The molecule has 0 aliphatic heterocycles. The second-order valence-corrected chi connectivity index (χ2v) is 4.66. The molecule has 0 amide bonds. The maximum atomic E-state index is 4.26. The van der Waals surface area contributed by atoms with Gasteiger partial charge >= 0.3 is 0 Å². The van der Waals surface area contributed by atoms with Crippen molar-refractivity contribution in [2.45, 2.75) is 13.3 Å². The molecule has 0 bridgehead atoms. The lowest BCUT2D eigenvalue weighted by molar-refractivity contribution is 1.21. The van der Waals surface area contributed by atoms with Gasteiger partial charge in [0.2, 0.25) is 0 Å². The number of hydrogen-bond acceptors (Lipinski definition) is 3. The standard InChI is InChI=1S/C12H14N2S/c1-9-3-5-10(6-4-9)7-11-8-14-12(13-2)15-11/h3-6,8H,7H2,1-2H3,(H,13,14). The SMILES string of the molecule is CNc1ncc(Cc2ccc(C)cc2)s1. The Kier molecular flexibility index (Phi) is 3.02. The van der Waals surface area contributed by atoms with E-state index in [9.17, 15) is 0 Å². The molecule has 2 rings (SSSR count). The summed E-state index contributed by atoms with van der Waals surface area (Å²) in [5, 5.41) is 4.03. The van der Waals surface area contributed by atoms with Gasteiger partial charge in [0.1, 0.15) is 0 Å². The van der Waals surface area contributed by atoms with Gasteiger partial charge in [0.25, 0.3) is 0 Å². The molecule has 1 aromatic heterocycles. The van der Waals surface area contributed by atoms with E-state index < -0.39 is 0 Å². The molecule has 3 heteroatoms. The normalized spacial score (nSPS) is 10.3. The molecule has 0 radical (unpaired) electrons. The first-order valence-electron chi connectivity index (χ1n) is 4.96. The van der Waals surface area contributed by atoms with Gasteiger partial charge in [-0.15, -0.1) is 11.3 Å². The molecule has 0 saturated heterocycles. The fourth-order valence-electron chi connectivity index (χ4n) is 1.41. The van der Waals surface area contributed by atoms with Crippen LogP contribution in [-0.2, 0) is 6.42 Å². The van der Waals surface area contributed by atoms with Gasteiger partial charge in [0.15, 0.2) is 5.13 Å². The quantitative estimate of drug-likeness (QED) is 0.856. The Morgan fingerprint density at radius 2 is 2.00 bits per heavy atom. The van der Waals surface area contributed by atoms with Crippen LogP contribution in [0.4, 0.5) is 5.13 Å². The summed E-state index contributed by atoms with van der Waals surface area (Å²) in [7, 11) is 1.90. The summed E-state index contributed by atoms with van der Waals surface area (Å²) >= 11 is 1.71. The van der Waals surface area contributed by atoms with E-state index in [1.807, 2.05) is 13.2 Å². The molecule has 0 unspecified atom stereocenters. The van der Waals surface area contributed by atoms with E-state index in [2.05, 4.69) is 41.5 Å². The number of hydrogen-bond donors (Lipinski definition) is 1. The molecule has 0 spiro atoms. The average Bonchev–Trinajstić information content (AvgIpc) is 2.69. The highest BCUT2D eigenvalue weighted by Gasteiger charge is 2.01. The van der Waals surface area contributed by atoms with E-state index in [-0.39, 0.29) is 0 Å². The number of anilines is 1. The van der Waals surface area contributed by atoms with Crippen molar-refractivity contribution in [3.05, 3.63) is 46.5 Å². The first-order chi connectivity index (χ1) is 7.28. The highest BCUT2D eigenvalue weighted by Crippen LogP contribution is 2.20. The van der Waals surface area contributed by atoms with E-state index >= 15 is 0 Å². The van der Waals surface area contributed by atoms with Crippen molar-refractivity contribution < 1.29 is 0 Å². The minimum atomic E-state index is 0.972. The van der Waals surface area contributed by atoms with Crippen LogP contribution in [0.15, 0.2) is 30.5 Å². The number of thiazole rings is 1. The van der Waals surface area contributed by atoms with Gasteiger partial charge < -0.3 is 5.32 Å². The number of aryl methyl sites for hydroxylation is 1. The molecule has 1 heterocycles. The highest BCUT2D eigenvalue weighted by molar-refractivity contribution is 7.15. The zero-order chi connectivity index (χ0) is 10.7. The monoisotopic (exact) mass is 218 g/mol. The number of nitrogens with one attached hydrogen (secondary N) is 1. The van der Waals surface area contributed by atoms with Crippen LogP contribution in [0.3, 0.4) is 0 Å². The molecule has 0 saturated carbocycles. The van der Waals surface area contributed by atoms with E-state index in [0.717, 1.165) is 11.6 Å².